The number of carbonyl (C=O) groups excluding carboxylic acids is 1. The van der Waals surface area contributed by atoms with Crippen LogP contribution in [0.3, 0.4) is 0 Å². The van der Waals surface area contributed by atoms with E-state index in [0.29, 0.717) is 61.1 Å². The van der Waals surface area contributed by atoms with Crippen molar-refractivity contribution in [1.82, 2.24) is 19.4 Å². The minimum Gasteiger partial charge on any atom is -0.491 e. The predicted molar refractivity (Wildman–Crippen MR) is 132 cm³/mol. The number of β-amino-alcohol motifs (C(OH)–C–C–N with tert-alkyl or cyclic N) is 1. The zero-order valence-corrected chi connectivity index (χ0v) is 20.4. The highest BCUT2D eigenvalue weighted by molar-refractivity contribution is 5.97. The van der Waals surface area contributed by atoms with Crippen molar-refractivity contribution in [3.63, 3.8) is 0 Å². The number of carbonyl (C=O) groups is 1. The van der Waals surface area contributed by atoms with Crippen molar-refractivity contribution < 1.29 is 24.1 Å². The van der Waals surface area contributed by atoms with E-state index in [2.05, 4.69) is 20.2 Å². The standard InChI is InChI=1S/C25H30N6O5/c1-16-18(4-3-7-26-16)24(33)29-25-28-21-19(23-27-8-9-31(23)25)5-6-20(22(21)34-2)36-15-17(32)14-30-10-12-35-13-11-30/h3-7,17,27,32H,8-15H2,1-2H3/t17-/m1/s1. The van der Waals surface area contributed by atoms with E-state index >= 15 is 0 Å². The molecule has 0 unspecified atom stereocenters. The number of amides is 1. The summed E-state index contributed by atoms with van der Waals surface area (Å²) >= 11 is 0. The summed E-state index contributed by atoms with van der Waals surface area (Å²) in [6, 6.07) is 7.12. The van der Waals surface area contributed by atoms with Crippen LogP contribution in [-0.2, 0) is 11.3 Å². The van der Waals surface area contributed by atoms with Gasteiger partial charge in [-0.2, -0.15) is 4.99 Å². The second-order valence-corrected chi connectivity index (χ2v) is 8.76. The summed E-state index contributed by atoms with van der Waals surface area (Å²) in [6.07, 6.45) is 0.973. The van der Waals surface area contributed by atoms with Crippen LogP contribution in [-0.4, -0.2) is 89.7 Å². The average molecular weight is 495 g/mol. The van der Waals surface area contributed by atoms with Crippen molar-refractivity contribution in [2.24, 2.45) is 4.99 Å². The smallest absolute Gasteiger partial charge is 0.282 e. The highest BCUT2D eigenvalue weighted by Gasteiger charge is 2.22. The molecule has 1 amide bonds. The largest absolute Gasteiger partial charge is 0.491 e. The number of aliphatic hydroxyl groups is 1. The van der Waals surface area contributed by atoms with Gasteiger partial charge < -0.3 is 24.6 Å². The number of ether oxygens (including phenoxy) is 3. The van der Waals surface area contributed by atoms with Crippen LogP contribution in [0.1, 0.15) is 16.1 Å². The second kappa shape index (κ2) is 10.6. The van der Waals surface area contributed by atoms with Gasteiger partial charge in [0.1, 0.15) is 24.0 Å². The molecule has 11 heteroatoms. The van der Waals surface area contributed by atoms with Crippen molar-refractivity contribution in [2.45, 2.75) is 19.6 Å². The van der Waals surface area contributed by atoms with Crippen LogP contribution in [0.2, 0.25) is 0 Å². The molecule has 11 nitrogen and oxygen atoms in total. The van der Waals surface area contributed by atoms with E-state index in [1.807, 2.05) is 16.7 Å². The number of fused-ring (bicyclic) bond motifs is 3. The number of aliphatic hydroxyl groups excluding tert-OH is 1. The van der Waals surface area contributed by atoms with Crippen LogP contribution in [0.25, 0.3) is 10.9 Å². The molecular weight excluding hydrogens is 464 g/mol. The zero-order valence-electron chi connectivity index (χ0n) is 20.4. The number of hydrogen-bond acceptors (Lipinski definition) is 9. The topological polar surface area (TPSA) is 123 Å². The number of methoxy groups -OCH3 is 1. The van der Waals surface area contributed by atoms with Gasteiger partial charge in [-0.05, 0) is 31.2 Å². The SMILES string of the molecule is COc1c(OC[C@H](O)CN2CCOCC2)ccc2c3n(c(=NC(=O)c4cccnc4C)nc12)CCN3. The number of morpholine rings is 1. The maximum atomic E-state index is 13.0. The second-order valence-electron chi connectivity index (χ2n) is 8.76. The summed E-state index contributed by atoms with van der Waals surface area (Å²) in [4.78, 5) is 28.4. The fourth-order valence-corrected chi connectivity index (χ4v) is 4.53. The molecule has 5 rings (SSSR count). The molecule has 0 bridgehead atoms. The maximum Gasteiger partial charge on any atom is 0.282 e. The molecule has 3 aromatic rings. The lowest BCUT2D eigenvalue weighted by Crippen LogP contribution is -2.42. The van der Waals surface area contributed by atoms with Gasteiger partial charge >= 0.3 is 0 Å². The minimum atomic E-state index is -0.667. The number of nitrogens with one attached hydrogen (secondary N) is 1. The predicted octanol–water partition coefficient (Wildman–Crippen LogP) is 0.987. The van der Waals surface area contributed by atoms with Crippen LogP contribution in [0.4, 0.5) is 5.82 Å². The molecule has 0 saturated carbocycles. The zero-order chi connectivity index (χ0) is 25.1. The Balaban J connectivity index is 1.47. The van der Waals surface area contributed by atoms with E-state index in [-0.39, 0.29) is 12.2 Å². The third-order valence-corrected chi connectivity index (χ3v) is 6.35. The first-order chi connectivity index (χ1) is 17.5. The lowest BCUT2D eigenvalue weighted by atomic mass is 10.2. The summed E-state index contributed by atoms with van der Waals surface area (Å²) in [6.45, 7) is 6.63. The van der Waals surface area contributed by atoms with Crippen molar-refractivity contribution in [1.29, 1.82) is 0 Å². The normalized spacial score (nSPS) is 17.0. The van der Waals surface area contributed by atoms with Gasteiger partial charge in [0.05, 0.1) is 31.6 Å². The molecule has 0 radical (unpaired) electrons. The Hall–Kier alpha value is -3.54. The summed E-state index contributed by atoms with van der Waals surface area (Å²) in [5, 5.41) is 14.7. The number of benzene rings is 1. The molecule has 2 aliphatic rings. The fraction of sp³-hybridized carbons (Fsp3) is 0.440. The Morgan fingerprint density at radius 3 is 2.89 bits per heavy atom. The minimum absolute atomic E-state index is 0.104. The summed E-state index contributed by atoms with van der Waals surface area (Å²) in [5.74, 6) is 1.28. The van der Waals surface area contributed by atoms with Gasteiger partial charge in [0.25, 0.3) is 5.91 Å². The number of hydrogen-bond donors (Lipinski definition) is 2. The summed E-state index contributed by atoms with van der Waals surface area (Å²) < 4.78 is 18.9. The molecule has 1 aromatic carbocycles. The third kappa shape index (κ3) is 4.90. The molecule has 0 spiro atoms. The first-order valence-corrected chi connectivity index (χ1v) is 12.0. The molecule has 0 aliphatic carbocycles. The van der Waals surface area contributed by atoms with Crippen LogP contribution in [0, 0.1) is 6.92 Å². The third-order valence-electron chi connectivity index (χ3n) is 6.35. The van der Waals surface area contributed by atoms with Gasteiger partial charge in [-0.25, -0.2) is 4.98 Å². The molecule has 2 aromatic heterocycles. The molecule has 4 heterocycles. The molecule has 1 saturated heterocycles. The molecule has 36 heavy (non-hydrogen) atoms. The van der Waals surface area contributed by atoms with Gasteiger partial charge in [-0.1, -0.05) is 0 Å². The summed E-state index contributed by atoms with van der Waals surface area (Å²) in [5.41, 5.74) is 1.83. The van der Waals surface area contributed by atoms with E-state index in [1.165, 1.54) is 0 Å². The lowest BCUT2D eigenvalue weighted by molar-refractivity contribution is 0.00447. The first kappa shape index (κ1) is 24.2. The molecular formula is C25H30N6O5. The van der Waals surface area contributed by atoms with Crippen LogP contribution >= 0.6 is 0 Å². The monoisotopic (exact) mass is 494 g/mol. The van der Waals surface area contributed by atoms with E-state index in [1.54, 1.807) is 32.4 Å². The van der Waals surface area contributed by atoms with Crippen LogP contribution < -0.4 is 20.4 Å². The van der Waals surface area contributed by atoms with Crippen molar-refractivity contribution in [3.8, 4) is 11.5 Å². The maximum absolute atomic E-state index is 13.0. The highest BCUT2D eigenvalue weighted by Crippen LogP contribution is 2.37. The van der Waals surface area contributed by atoms with Crippen LogP contribution in [0.15, 0.2) is 35.5 Å². The van der Waals surface area contributed by atoms with E-state index in [0.717, 1.165) is 24.3 Å². The number of pyridine rings is 1. The molecule has 1 fully saturated rings. The van der Waals surface area contributed by atoms with Gasteiger partial charge in [-0.3, -0.25) is 19.2 Å². The fourth-order valence-electron chi connectivity index (χ4n) is 4.53. The number of rotatable bonds is 7. The quantitative estimate of drug-likeness (QED) is 0.495. The number of aromatic nitrogens is 3. The summed E-state index contributed by atoms with van der Waals surface area (Å²) in [7, 11) is 1.54. The van der Waals surface area contributed by atoms with E-state index in [4.69, 9.17) is 19.2 Å². The average Bonchev–Trinajstić information content (AvgIpc) is 3.38. The molecule has 1 atom stereocenters. The Kier molecular flexibility index (Phi) is 7.12. The van der Waals surface area contributed by atoms with Crippen molar-refractivity contribution in [3.05, 3.63) is 47.3 Å². The van der Waals surface area contributed by atoms with Crippen LogP contribution in [0.5, 0.6) is 11.5 Å². The Labute approximate surface area is 208 Å². The Morgan fingerprint density at radius 2 is 2.11 bits per heavy atom. The lowest BCUT2D eigenvalue weighted by Gasteiger charge is -2.28. The van der Waals surface area contributed by atoms with Gasteiger partial charge in [-0.15, -0.1) is 0 Å². The molecule has 2 aliphatic heterocycles. The van der Waals surface area contributed by atoms with E-state index < -0.39 is 12.0 Å². The Morgan fingerprint density at radius 1 is 1.28 bits per heavy atom. The van der Waals surface area contributed by atoms with Gasteiger partial charge in [0, 0.05) is 44.3 Å². The van der Waals surface area contributed by atoms with Crippen molar-refractivity contribution >= 4 is 22.6 Å². The number of anilines is 1. The molecule has 190 valence electrons. The van der Waals surface area contributed by atoms with Gasteiger partial charge in [0.15, 0.2) is 11.5 Å². The highest BCUT2D eigenvalue weighted by atomic mass is 16.5. The first-order valence-electron chi connectivity index (χ1n) is 12.0. The molecule has 2 N–H and O–H groups in total. The van der Waals surface area contributed by atoms with Gasteiger partial charge in [0.2, 0.25) is 5.62 Å². The number of nitrogens with zero attached hydrogens (tertiary/aromatic N) is 5. The van der Waals surface area contributed by atoms with Crippen molar-refractivity contribution in [2.75, 3.05) is 58.4 Å². The Bertz CT molecular complexity index is 1330. The van der Waals surface area contributed by atoms with E-state index in [9.17, 15) is 9.90 Å². The number of aryl methyl sites for hydroxylation is 1.